The minimum absolute atomic E-state index is 0.00986. The molecular weight excluding hydrogens is 380 g/mol. The van der Waals surface area contributed by atoms with E-state index in [1.165, 1.54) is 0 Å². The molecule has 0 bridgehead atoms. The van der Waals surface area contributed by atoms with Gasteiger partial charge in [-0.25, -0.2) is 0 Å². The van der Waals surface area contributed by atoms with Crippen LogP contribution in [0.2, 0.25) is 0 Å². The number of hydrogen-bond donors (Lipinski definition) is 0. The molecule has 0 spiro atoms. The number of fused-ring (bicyclic) bond motifs is 1. The maximum atomic E-state index is 13.2. The third kappa shape index (κ3) is 3.70. The van der Waals surface area contributed by atoms with Gasteiger partial charge in [-0.1, -0.05) is 42.5 Å². The van der Waals surface area contributed by atoms with E-state index < -0.39 is 6.10 Å². The number of carbonyl (C=O) groups excluding carboxylic acids is 1. The quantitative estimate of drug-likeness (QED) is 0.420. The van der Waals surface area contributed by atoms with E-state index in [-0.39, 0.29) is 22.7 Å². The zero-order chi connectivity index (χ0) is 21.1. The van der Waals surface area contributed by atoms with Gasteiger partial charge >= 0.3 is 0 Å². The van der Waals surface area contributed by atoms with E-state index in [4.69, 9.17) is 13.9 Å². The zero-order valence-electron chi connectivity index (χ0n) is 16.6. The fraction of sp³-hybridized carbons (Fsp3) is 0.120. The molecule has 1 heterocycles. The van der Waals surface area contributed by atoms with Crippen LogP contribution in [0.3, 0.4) is 0 Å². The molecule has 150 valence electrons. The Labute approximate surface area is 173 Å². The van der Waals surface area contributed by atoms with Gasteiger partial charge in [0.15, 0.2) is 11.9 Å². The van der Waals surface area contributed by atoms with Gasteiger partial charge in [0.05, 0.1) is 12.5 Å². The Balaban J connectivity index is 1.81. The van der Waals surface area contributed by atoms with Crippen LogP contribution in [-0.4, -0.2) is 19.0 Å². The number of hydrogen-bond acceptors (Lipinski definition) is 5. The normalized spacial score (nSPS) is 11.8. The predicted molar refractivity (Wildman–Crippen MR) is 115 cm³/mol. The van der Waals surface area contributed by atoms with Crippen LogP contribution >= 0.6 is 0 Å². The van der Waals surface area contributed by atoms with Crippen molar-refractivity contribution in [2.75, 3.05) is 7.11 Å². The van der Waals surface area contributed by atoms with Crippen molar-refractivity contribution in [3.8, 4) is 22.8 Å². The monoisotopic (exact) mass is 400 g/mol. The molecule has 0 radical (unpaired) electrons. The van der Waals surface area contributed by atoms with Gasteiger partial charge < -0.3 is 13.9 Å². The summed E-state index contributed by atoms with van der Waals surface area (Å²) in [4.78, 5) is 26.0. The number of rotatable bonds is 6. The molecule has 0 saturated carbocycles. The van der Waals surface area contributed by atoms with E-state index in [9.17, 15) is 9.59 Å². The lowest BCUT2D eigenvalue weighted by molar-refractivity contribution is 0.0815. The van der Waals surface area contributed by atoms with Crippen molar-refractivity contribution in [1.82, 2.24) is 0 Å². The van der Waals surface area contributed by atoms with Crippen molar-refractivity contribution in [3.63, 3.8) is 0 Å². The third-order valence-corrected chi connectivity index (χ3v) is 4.83. The molecule has 1 atom stereocenters. The Morgan fingerprint density at radius 1 is 0.900 bits per heavy atom. The van der Waals surface area contributed by atoms with Gasteiger partial charge in [0.25, 0.3) is 0 Å². The molecule has 0 aliphatic rings. The number of ether oxygens (including phenoxy) is 2. The minimum atomic E-state index is -0.867. The summed E-state index contributed by atoms with van der Waals surface area (Å²) >= 11 is 0. The number of Topliss-reactive ketones (excluding diaryl/α,β-unsaturated/α-hetero) is 1. The van der Waals surface area contributed by atoms with Crippen molar-refractivity contribution in [2.24, 2.45) is 0 Å². The van der Waals surface area contributed by atoms with Crippen molar-refractivity contribution in [2.45, 2.75) is 13.0 Å². The molecule has 4 rings (SSSR count). The fourth-order valence-electron chi connectivity index (χ4n) is 3.23. The Bertz CT molecular complexity index is 1240. The Hall–Kier alpha value is -3.86. The average Bonchev–Trinajstić information content (AvgIpc) is 2.81. The smallest absolute Gasteiger partial charge is 0.235 e. The summed E-state index contributed by atoms with van der Waals surface area (Å²) in [6, 6.07) is 22.9. The second-order valence-corrected chi connectivity index (χ2v) is 6.80. The van der Waals surface area contributed by atoms with Gasteiger partial charge in [-0.05, 0) is 43.3 Å². The summed E-state index contributed by atoms with van der Waals surface area (Å²) in [7, 11) is 1.58. The van der Waals surface area contributed by atoms with Gasteiger partial charge in [-0.15, -0.1) is 0 Å². The third-order valence-electron chi connectivity index (χ3n) is 4.83. The maximum absolute atomic E-state index is 13.2. The van der Waals surface area contributed by atoms with Crippen molar-refractivity contribution >= 4 is 16.8 Å². The Morgan fingerprint density at radius 3 is 2.27 bits per heavy atom. The summed E-state index contributed by atoms with van der Waals surface area (Å²) in [6.45, 7) is 1.63. The van der Waals surface area contributed by atoms with Crippen LogP contribution in [0.1, 0.15) is 17.3 Å². The highest BCUT2D eigenvalue weighted by Crippen LogP contribution is 2.32. The molecule has 0 N–H and O–H groups in total. The second-order valence-electron chi connectivity index (χ2n) is 6.80. The molecule has 30 heavy (non-hydrogen) atoms. The Kier molecular flexibility index (Phi) is 5.35. The fourth-order valence-corrected chi connectivity index (χ4v) is 3.23. The summed E-state index contributed by atoms with van der Waals surface area (Å²) < 4.78 is 17.2. The van der Waals surface area contributed by atoms with Crippen LogP contribution < -0.4 is 14.9 Å². The van der Waals surface area contributed by atoms with Gasteiger partial charge in [-0.2, -0.15) is 0 Å². The molecule has 0 aliphatic heterocycles. The number of ketones is 1. The molecule has 0 amide bonds. The summed E-state index contributed by atoms with van der Waals surface area (Å²) in [5.41, 5.74) is 1.28. The molecule has 0 saturated heterocycles. The standard InChI is InChI=1S/C25H20O5/c1-16(22(26)17-8-4-3-5-9-17)29-25-23(27)20-10-6-7-11-21(20)30-24(25)18-12-14-19(28-2)15-13-18/h3-16H,1-2H3/t16-/m0/s1. The summed E-state index contributed by atoms with van der Waals surface area (Å²) in [5.74, 6) is 0.741. The molecule has 5 nitrogen and oxygen atoms in total. The molecule has 0 aliphatic carbocycles. The van der Waals surface area contributed by atoms with E-state index in [2.05, 4.69) is 0 Å². The van der Waals surface area contributed by atoms with E-state index in [1.54, 1.807) is 86.8 Å². The highest BCUT2D eigenvalue weighted by molar-refractivity contribution is 5.99. The molecule has 0 fully saturated rings. The minimum Gasteiger partial charge on any atom is -0.497 e. The second kappa shape index (κ2) is 8.25. The van der Waals surface area contributed by atoms with Crippen molar-refractivity contribution < 1.29 is 18.7 Å². The first-order valence-electron chi connectivity index (χ1n) is 9.54. The van der Waals surface area contributed by atoms with Gasteiger partial charge in [0.2, 0.25) is 17.0 Å². The van der Waals surface area contributed by atoms with Crippen LogP contribution in [-0.2, 0) is 0 Å². The topological polar surface area (TPSA) is 65.7 Å². The van der Waals surface area contributed by atoms with E-state index in [0.717, 1.165) is 0 Å². The molecule has 5 heteroatoms. The van der Waals surface area contributed by atoms with E-state index in [1.807, 2.05) is 6.07 Å². The Morgan fingerprint density at radius 2 is 1.57 bits per heavy atom. The number of methoxy groups -OCH3 is 1. The molecule has 1 aromatic heterocycles. The van der Waals surface area contributed by atoms with E-state index in [0.29, 0.717) is 27.8 Å². The summed E-state index contributed by atoms with van der Waals surface area (Å²) in [6.07, 6.45) is -0.867. The highest BCUT2D eigenvalue weighted by Gasteiger charge is 2.23. The van der Waals surface area contributed by atoms with Crippen LogP contribution in [0, 0.1) is 0 Å². The van der Waals surface area contributed by atoms with Gasteiger partial charge in [0, 0.05) is 11.1 Å². The lowest BCUT2D eigenvalue weighted by atomic mass is 10.1. The maximum Gasteiger partial charge on any atom is 0.235 e. The largest absolute Gasteiger partial charge is 0.497 e. The van der Waals surface area contributed by atoms with Crippen molar-refractivity contribution in [1.29, 1.82) is 0 Å². The lowest BCUT2D eigenvalue weighted by Gasteiger charge is -2.16. The van der Waals surface area contributed by atoms with Crippen LogP contribution in [0.4, 0.5) is 0 Å². The first-order valence-corrected chi connectivity index (χ1v) is 9.54. The SMILES string of the molecule is COc1ccc(-c2oc3ccccc3c(=O)c2O[C@@H](C)C(=O)c2ccccc2)cc1. The molecular formula is C25H20O5. The number of para-hydroxylation sites is 1. The van der Waals surface area contributed by atoms with Crippen molar-refractivity contribution in [3.05, 3.63) is 94.6 Å². The zero-order valence-corrected chi connectivity index (χ0v) is 16.6. The number of benzene rings is 3. The predicted octanol–water partition coefficient (Wildman–Crippen LogP) is 5.12. The first-order chi connectivity index (χ1) is 14.6. The van der Waals surface area contributed by atoms with Gasteiger partial charge in [-0.3, -0.25) is 9.59 Å². The summed E-state index contributed by atoms with van der Waals surface area (Å²) in [5, 5.41) is 0.393. The molecule has 0 unspecified atom stereocenters. The van der Waals surface area contributed by atoms with Crippen LogP contribution in [0.15, 0.2) is 88.1 Å². The molecule has 4 aromatic rings. The van der Waals surface area contributed by atoms with E-state index >= 15 is 0 Å². The molecule has 3 aromatic carbocycles. The number of carbonyl (C=O) groups is 1. The van der Waals surface area contributed by atoms with Crippen LogP contribution in [0.5, 0.6) is 11.5 Å². The van der Waals surface area contributed by atoms with Gasteiger partial charge in [0.1, 0.15) is 11.3 Å². The highest BCUT2D eigenvalue weighted by atomic mass is 16.5. The average molecular weight is 400 g/mol. The van der Waals surface area contributed by atoms with Crippen LogP contribution in [0.25, 0.3) is 22.3 Å². The first kappa shape index (κ1) is 19.5. The lowest BCUT2D eigenvalue weighted by Crippen LogP contribution is -2.26.